The van der Waals surface area contributed by atoms with Crippen LogP contribution in [-0.4, -0.2) is 43.7 Å². The van der Waals surface area contributed by atoms with E-state index in [2.05, 4.69) is 70.2 Å². The fraction of sp³-hybridized carbons (Fsp3) is 0.423. The van der Waals surface area contributed by atoms with Gasteiger partial charge in [0, 0.05) is 17.9 Å². The molecule has 1 atom stereocenters. The normalized spacial score (nSPS) is 18.4. The monoisotopic (exact) mass is 402 g/mol. The number of piperidine rings is 1. The first-order valence-corrected chi connectivity index (χ1v) is 11.0. The molecule has 1 unspecified atom stereocenters. The molecule has 0 N–H and O–H groups in total. The molecule has 0 spiro atoms. The number of ether oxygens (including phenoxy) is 1. The molecule has 2 heterocycles. The quantitative estimate of drug-likeness (QED) is 0.567. The van der Waals surface area contributed by atoms with Crippen molar-refractivity contribution in [1.82, 2.24) is 4.90 Å². The molecule has 0 radical (unpaired) electrons. The van der Waals surface area contributed by atoms with Gasteiger partial charge in [-0.1, -0.05) is 48.2 Å². The molecule has 0 saturated carbocycles. The molecule has 30 heavy (non-hydrogen) atoms. The number of hydrogen-bond acceptors (Lipinski definition) is 4. The number of aryl methyl sites for hydroxylation is 2. The van der Waals surface area contributed by atoms with E-state index in [1.165, 1.54) is 22.5 Å². The van der Waals surface area contributed by atoms with Crippen molar-refractivity contribution in [3.63, 3.8) is 0 Å². The highest BCUT2D eigenvalue weighted by Gasteiger charge is 2.26. The molecule has 156 valence electrons. The number of para-hydroxylation sites is 2. The zero-order valence-electron chi connectivity index (χ0n) is 17.8. The molecule has 2 aliphatic heterocycles. The van der Waals surface area contributed by atoms with Crippen LogP contribution in [0.5, 0.6) is 0 Å². The summed E-state index contributed by atoms with van der Waals surface area (Å²) < 4.78 is 5.20. The Morgan fingerprint density at radius 3 is 2.30 bits per heavy atom. The van der Waals surface area contributed by atoms with Crippen molar-refractivity contribution >= 4 is 17.3 Å². The summed E-state index contributed by atoms with van der Waals surface area (Å²) in [6.07, 6.45) is 4.06. The number of rotatable bonds is 4. The lowest BCUT2D eigenvalue weighted by Gasteiger charge is -2.30. The van der Waals surface area contributed by atoms with Gasteiger partial charge in [0.2, 0.25) is 0 Å². The Morgan fingerprint density at radius 2 is 1.63 bits per heavy atom. The van der Waals surface area contributed by atoms with Gasteiger partial charge in [-0.25, -0.2) is 0 Å². The topological polar surface area (TPSA) is 32.8 Å². The van der Waals surface area contributed by atoms with Crippen molar-refractivity contribution in [2.24, 2.45) is 5.92 Å². The van der Waals surface area contributed by atoms with Gasteiger partial charge in [0.05, 0.1) is 25.6 Å². The minimum Gasteiger partial charge on any atom is -0.466 e. The molecule has 2 aliphatic rings. The number of carbonyl (C=O) groups is 1. The maximum atomic E-state index is 12.1. The largest absolute Gasteiger partial charge is 0.466 e. The summed E-state index contributed by atoms with van der Waals surface area (Å²) in [7, 11) is 0. The lowest BCUT2D eigenvalue weighted by atomic mass is 9.98. The summed E-state index contributed by atoms with van der Waals surface area (Å²) in [6, 6.07) is 17.3. The molecule has 2 aromatic carbocycles. The van der Waals surface area contributed by atoms with Crippen LogP contribution >= 0.6 is 0 Å². The van der Waals surface area contributed by atoms with E-state index in [0.717, 1.165) is 38.8 Å². The van der Waals surface area contributed by atoms with Crippen molar-refractivity contribution in [1.29, 1.82) is 0 Å². The van der Waals surface area contributed by atoms with Gasteiger partial charge in [-0.15, -0.1) is 0 Å². The highest BCUT2D eigenvalue weighted by Crippen LogP contribution is 2.35. The molecular formula is C26H30N2O2. The maximum Gasteiger partial charge on any atom is 0.310 e. The summed E-state index contributed by atoms with van der Waals surface area (Å²) in [4.78, 5) is 16.7. The SMILES string of the molecule is CCOC(=O)C1CCCN(CC#CCN2c3ccccc3CCc3ccccc32)C1. The Labute approximate surface area is 179 Å². The third kappa shape index (κ3) is 4.68. The zero-order chi connectivity index (χ0) is 20.8. The smallest absolute Gasteiger partial charge is 0.310 e. The Kier molecular flexibility index (Phi) is 6.71. The Hall–Kier alpha value is -2.77. The van der Waals surface area contributed by atoms with Crippen LogP contribution in [0.25, 0.3) is 0 Å². The minimum atomic E-state index is -0.0621. The van der Waals surface area contributed by atoms with Crippen molar-refractivity contribution < 1.29 is 9.53 Å². The average molecular weight is 403 g/mol. The summed E-state index contributed by atoms with van der Waals surface area (Å²) in [5.41, 5.74) is 5.28. The maximum absolute atomic E-state index is 12.1. The molecule has 1 saturated heterocycles. The number of anilines is 2. The second-order valence-electron chi connectivity index (χ2n) is 8.02. The number of nitrogens with zero attached hydrogens (tertiary/aromatic N) is 2. The molecule has 4 heteroatoms. The van der Waals surface area contributed by atoms with E-state index in [9.17, 15) is 4.79 Å². The lowest BCUT2D eigenvalue weighted by molar-refractivity contribution is -0.149. The van der Waals surface area contributed by atoms with Crippen LogP contribution in [0.3, 0.4) is 0 Å². The Bertz CT molecular complexity index is 896. The predicted octanol–water partition coefficient (Wildman–Crippen LogP) is 4.20. The van der Waals surface area contributed by atoms with Gasteiger partial charge >= 0.3 is 5.97 Å². The van der Waals surface area contributed by atoms with Gasteiger partial charge in [-0.3, -0.25) is 9.69 Å². The number of hydrogen-bond donors (Lipinski definition) is 0. The zero-order valence-corrected chi connectivity index (χ0v) is 17.8. The first-order valence-electron chi connectivity index (χ1n) is 11.0. The number of esters is 1. The van der Waals surface area contributed by atoms with Crippen LogP contribution in [0.4, 0.5) is 11.4 Å². The predicted molar refractivity (Wildman–Crippen MR) is 121 cm³/mol. The molecule has 0 bridgehead atoms. The number of benzene rings is 2. The highest BCUT2D eigenvalue weighted by molar-refractivity contribution is 5.73. The highest BCUT2D eigenvalue weighted by atomic mass is 16.5. The molecule has 4 nitrogen and oxygen atoms in total. The molecule has 0 amide bonds. The second kappa shape index (κ2) is 9.82. The summed E-state index contributed by atoms with van der Waals surface area (Å²) in [6.45, 7) is 5.44. The van der Waals surface area contributed by atoms with E-state index in [-0.39, 0.29) is 11.9 Å². The molecule has 0 aromatic heterocycles. The fourth-order valence-corrected chi connectivity index (χ4v) is 4.49. The van der Waals surface area contributed by atoms with Crippen LogP contribution in [0.15, 0.2) is 48.5 Å². The van der Waals surface area contributed by atoms with E-state index in [0.29, 0.717) is 19.7 Å². The van der Waals surface area contributed by atoms with Crippen LogP contribution in [0.1, 0.15) is 30.9 Å². The Morgan fingerprint density at radius 1 is 1.00 bits per heavy atom. The van der Waals surface area contributed by atoms with Crippen molar-refractivity contribution in [3.05, 3.63) is 59.7 Å². The van der Waals surface area contributed by atoms with Crippen molar-refractivity contribution in [3.8, 4) is 11.8 Å². The first-order chi connectivity index (χ1) is 14.8. The average Bonchev–Trinajstić information content (AvgIpc) is 2.94. The van der Waals surface area contributed by atoms with Gasteiger partial charge in [-0.2, -0.15) is 0 Å². The molecule has 1 fully saturated rings. The lowest BCUT2D eigenvalue weighted by Crippen LogP contribution is -2.39. The molecule has 2 aromatic rings. The fourth-order valence-electron chi connectivity index (χ4n) is 4.49. The van der Waals surface area contributed by atoms with E-state index in [4.69, 9.17) is 4.74 Å². The first kappa shape index (κ1) is 20.5. The van der Waals surface area contributed by atoms with E-state index in [1.54, 1.807) is 0 Å². The van der Waals surface area contributed by atoms with Gasteiger partial charge in [0.25, 0.3) is 0 Å². The minimum absolute atomic E-state index is 0.00939. The molecular weight excluding hydrogens is 372 g/mol. The number of carbonyl (C=O) groups excluding carboxylic acids is 1. The Balaban J connectivity index is 1.44. The second-order valence-corrected chi connectivity index (χ2v) is 8.02. The number of likely N-dealkylation sites (tertiary alicyclic amines) is 1. The van der Waals surface area contributed by atoms with Gasteiger partial charge < -0.3 is 9.64 Å². The summed E-state index contributed by atoms with van der Waals surface area (Å²) in [5, 5.41) is 0. The third-order valence-electron chi connectivity index (χ3n) is 6.02. The standard InChI is InChI=1S/C26H30N2O2/c1-2-30-26(29)23-12-9-18-27(20-23)17-7-8-19-28-24-13-5-3-10-21(24)15-16-22-11-4-6-14-25(22)28/h3-6,10-11,13-14,23H,2,9,12,15-20H2,1H3. The van der Waals surface area contributed by atoms with Gasteiger partial charge in [-0.05, 0) is 62.4 Å². The van der Waals surface area contributed by atoms with Gasteiger partial charge in [0.1, 0.15) is 0 Å². The third-order valence-corrected chi connectivity index (χ3v) is 6.02. The molecule has 4 rings (SSSR count). The van der Waals surface area contributed by atoms with Crippen LogP contribution < -0.4 is 4.90 Å². The van der Waals surface area contributed by atoms with E-state index in [1.807, 2.05) is 6.92 Å². The van der Waals surface area contributed by atoms with E-state index < -0.39 is 0 Å². The van der Waals surface area contributed by atoms with Crippen LogP contribution in [-0.2, 0) is 22.4 Å². The van der Waals surface area contributed by atoms with Crippen molar-refractivity contribution in [2.45, 2.75) is 32.6 Å². The summed E-state index contributed by atoms with van der Waals surface area (Å²) >= 11 is 0. The van der Waals surface area contributed by atoms with Crippen molar-refractivity contribution in [2.75, 3.05) is 37.7 Å². The van der Waals surface area contributed by atoms with Crippen LogP contribution in [0.2, 0.25) is 0 Å². The van der Waals surface area contributed by atoms with E-state index >= 15 is 0 Å². The number of fused-ring (bicyclic) bond motifs is 2. The van der Waals surface area contributed by atoms with Gasteiger partial charge in [0.15, 0.2) is 0 Å². The molecule has 0 aliphatic carbocycles. The van der Waals surface area contributed by atoms with Crippen LogP contribution in [0, 0.1) is 17.8 Å². The summed E-state index contributed by atoms with van der Waals surface area (Å²) in [5.74, 6) is 6.69.